The van der Waals surface area contributed by atoms with E-state index >= 15 is 0 Å². The number of carbonyl (C=O) groups excluding carboxylic acids is 3. The summed E-state index contributed by atoms with van der Waals surface area (Å²) in [5, 5.41) is 0. The quantitative estimate of drug-likeness (QED) is 0.452. The fourth-order valence-corrected chi connectivity index (χ4v) is 3.30. The molecule has 25 heavy (non-hydrogen) atoms. The molecule has 1 aliphatic heterocycles. The second-order valence-electron chi connectivity index (χ2n) is 5.42. The molecule has 0 N–H and O–H groups in total. The average Bonchev–Trinajstić information content (AvgIpc) is 2.87. The Morgan fingerprint density at radius 3 is 2.12 bits per heavy atom. The Morgan fingerprint density at radius 2 is 1.56 bits per heavy atom. The number of ketones is 1. The number of thioether (sulfide) groups is 1. The van der Waals surface area contributed by atoms with Crippen molar-refractivity contribution in [2.45, 2.75) is 0 Å². The van der Waals surface area contributed by atoms with Gasteiger partial charge >= 0.3 is 0 Å². The molecule has 0 spiro atoms. The third-order valence-electron chi connectivity index (χ3n) is 3.83. The van der Waals surface area contributed by atoms with Gasteiger partial charge in [-0.05, 0) is 36.4 Å². The molecule has 2 aromatic rings. The Bertz CT molecular complexity index is 841. The molecular weight excluding hydrogens is 341 g/mol. The Labute approximate surface area is 148 Å². The molecule has 2 amide bonds. The fraction of sp³-hybridized carbons (Fsp3) is 0.105. The van der Waals surface area contributed by atoms with Crippen LogP contribution in [0.25, 0.3) is 0 Å². The van der Waals surface area contributed by atoms with E-state index in [1.54, 1.807) is 24.3 Å². The summed E-state index contributed by atoms with van der Waals surface area (Å²) in [7, 11) is 0. The normalized spacial score (nSPS) is 13.1. The molecule has 3 rings (SSSR count). The summed E-state index contributed by atoms with van der Waals surface area (Å²) in [6.45, 7) is 3.91. The first-order valence-corrected chi connectivity index (χ1v) is 8.55. The molecule has 0 bridgehead atoms. The molecule has 126 valence electrons. The maximum absolute atomic E-state index is 12.9. The highest BCUT2D eigenvalue weighted by atomic mass is 32.2. The Hall–Kier alpha value is -2.73. The maximum Gasteiger partial charge on any atom is 0.261 e. The van der Waals surface area contributed by atoms with Crippen molar-refractivity contribution < 1.29 is 18.8 Å². The van der Waals surface area contributed by atoms with Gasteiger partial charge in [0.1, 0.15) is 5.82 Å². The van der Waals surface area contributed by atoms with E-state index in [4.69, 9.17) is 0 Å². The minimum absolute atomic E-state index is 0.187. The van der Waals surface area contributed by atoms with Crippen LogP contribution in [0.4, 0.5) is 4.39 Å². The van der Waals surface area contributed by atoms with Gasteiger partial charge in [0.05, 0.1) is 11.1 Å². The van der Waals surface area contributed by atoms with Crippen LogP contribution in [-0.4, -0.2) is 34.8 Å². The number of rotatable bonds is 6. The van der Waals surface area contributed by atoms with E-state index in [0.717, 1.165) is 0 Å². The van der Waals surface area contributed by atoms with Crippen molar-refractivity contribution in [1.82, 2.24) is 4.90 Å². The summed E-state index contributed by atoms with van der Waals surface area (Å²) in [5.41, 5.74) is 1.15. The number of halogens is 1. The number of nitrogens with zero attached hydrogens (tertiary/aromatic N) is 1. The van der Waals surface area contributed by atoms with Gasteiger partial charge in [-0.15, -0.1) is 11.8 Å². The van der Waals surface area contributed by atoms with Crippen LogP contribution in [0.3, 0.4) is 0 Å². The Balaban J connectivity index is 1.57. The zero-order valence-electron chi connectivity index (χ0n) is 13.2. The highest BCUT2D eigenvalue weighted by Crippen LogP contribution is 2.24. The molecule has 1 heterocycles. The SMILES string of the molecule is C=C(SCCN1C(=O)c2ccccc2C1=O)C(=O)c1ccc(F)cc1. The number of amides is 2. The number of fused-ring (bicyclic) bond motifs is 1. The molecular formula is C19H14FNO3S. The van der Waals surface area contributed by atoms with Gasteiger partial charge in [-0.1, -0.05) is 18.7 Å². The summed E-state index contributed by atoms with van der Waals surface area (Å²) >= 11 is 1.17. The summed E-state index contributed by atoms with van der Waals surface area (Å²) in [6.07, 6.45) is 0. The Morgan fingerprint density at radius 1 is 1.00 bits per heavy atom. The molecule has 0 aromatic heterocycles. The molecule has 6 heteroatoms. The topological polar surface area (TPSA) is 54.5 Å². The van der Waals surface area contributed by atoms with Crippen LogP contribution in [-0.2, 0) is 0 Å². The minimum atomic E-state index is -0.416. The van der Waals surface area contributed by atoms with E-state index in [-0.39, 0.29) is 29.0 Å². The van der Waals surface area contributed by atoms with E-state index in [1.807, 2.05) is 0 Å². The number of allylic oxidation sites excluding steroid dienone is 1. The van der Waals surface area contributed by atoms with Crippen LogP contribution < -0.4 is 0 Å². The van der Waals surface area contributed by atoms with Crippen molar-refractivity contribution in [3.05, 3.63) is 82.5 Å². The predicted octanol–water partition coefficient (Wildman–Crippen LogP) is 3.55. The number of imide groups is 1. The van der Waals surface area contributed by atoms with Gasteiger partial charge in [0.25, 0.3) is 11.8 Å². The first kappa shape index (κ1) is 17.1. The van der Waals surface area contributed by atoms with Crippen molar-refractivity contribution in [3.63, 3.8) is 0 Å². The monoisotopic (exact) mass is 355 g/mol. The zero-order chi connectivity index (χ0) is 18.0. The molecule has 0 fully saturated rings. The number of hydrogen-bond donors (Lipinski definition) is 0. The lowest BCUT2D eigenvalue weighted by Gasteiger charge is -2.13. The molecule has 1 aliphatic rings. The third-order valence-corrected chi connectivity index (χ3v) is 4.75. The van der Waals surface area contributed by atoms with Gasteiger partial charge in [0.15, 0.2) is 5.78 Å². The highest BCUT2D eigenvalue weighted by molar-refractivity contribution is 8.04. The number of carbonyl (C=O) groups is 3. The van der Waals surface area contributed by atoms with Gasteiger partial charge in [-0.3, -0.25) is 19.3 Å². The fourth-order valence-electron chi connectivity index (χ4n) is 2.53. The maximum atomic E-state index is 12.9. The third kappa shape index (κ3) is 3.39. The van der Waals surface area contributed by atoms with E-state index in [0.29, 0.717) is 22.4 Å². The largest absolute Gasteiger partial charge is 0.288 e. The van der Waals surface area contributed by atoms with Crippen LogP contribution in [0.1, 0.15) is 31.1 Å². The lowest BCUT2D eigenvalue weighted by atomic mass is 10.1. The first-order valence-electron chi connectivity index (χ1n) is 7.56. The van der Waals surface area contributed by atoms with Crippen LogP contribution in [0, 0.1) is 5.82 Å². The van der Waals surface area contributed by atoms with Crippen LogP contribution >= 0.6 is 11.8 Å². The van der Waals surface area contributed by atoms with Crippen LogP contribution in [0.5, 0.6) is 0 Å². The summed E-state index contributed by atoms with van der Waals surface area (Å²) in [5.74, 6) is -1.00. The first-order chi connectivity index (χ1) is 12.0. The lowest BCUT2D eigenvalue weighted by Crippen LogP contribution is -2.31. The second kappa shape index (κ2) is 7.03. The predicted molar refractivity (Wildman–Crippen MR) is 94.1 cm³/mol. The zero-order valence-corrected chi connectivity index (χ0v) is 14.0. The summed E-state index contributed by atoms with van der Waals surface area (Å²) in [4.78, 5) is 38.1. The van der Waals surface area contributed by atoms with Gasteiger partial charge in [-0.2, -0.15) is 0 Å². The second-order valence-corrected chi connectivity index (χ2v) is 6.60. The molecule has 0 saturated carbocycles. The van der Waals surface area contributed by atoms with Crippen molar-refractivity contribution in [3.8, 4) is 0 Å². The molecule has 2 aromatic carbocycles. The van der Waals surface area contributed by atoms with Crippen molar-refractivity contribution in [2.75, 3.05) is 12.3 Å². The lowest BCUT2D eigenvalue weighted by molar-refractivity contribution is 0.0664. The van der Waals surface area contributed by atoms with Crippen molar-refractivity contribution >= 4 is 29.4 Å². The molecule has 0 atom stereocenters. The van der Waals surface area contributed by atoms with Crippen molar-refractivity contribution in [1.29, 1.82) is 0 Å². The van der Waals surface area contributed by atoms with Crippen LogP contribution in [0.15, 0.2) is 60.0 Å². The van der Waals surface area contributed by atoms with E-state index in [2.05, 4.69) is 6.58 Å². The van der Waals surface area contributed by atoms with Gasteiger partial charge in [0.2, 0.25) is 0 Å². The number of benzene rings is 2. The molecule has 0 unspecified atom stereocenters. The minimum Gasteiger partial charge on any atom is -0.288 e. The van der Waals surface area contributed by atoms with Crippen molar-refractivity contribution in [2.24, 2.45) is 0 Å². The van der Waals surface area contributed by atoms with Gasteiger partial charge in [0, 0.05) is 22.8 Å². The Kier molecular flexibility index (Phi) is 4.81. The molecule has 0 saturated heterocycles. The van der Waals surface area contributed by atoms with E-state index < -0.39 is 5.82 Å². The average molecular weight is 355 g/mol. The van der Waals surface area contributed by atoms with E-state index in [9.17, 15) is 18.8 Å². The standard InChI is InChI=1S/C19H14FNO3S/c1-12(17(22)13-6-8-14(20)9-7-13)25-11-10-21-18(23)15-4-2-3-5-16(15)19(21)24/h2-9H,1,10-11H2. The summed E-state index contributed by atoms with van der Waals surface area (Å²) in [6, 6.07) is 11.9. The highest BCUT2D eigenvalue weighted by Gasteiger charge is 2.34. The van der Waals surface area contributed by atoms with Gasteiger partial charge in [-0.25, -0.2) is 4.39 Å². The van der Waals surface area contributed by atoms with E-state index in [1.165, 1.54) is 40.9 Å². The number of hydrogen-bond acceptors (Lipinski definition) is 4. The van der Waals surface area contributed by atoms with Gasteiger partial charge < -0.3 is 0 Å². The molecule has 0 aliphatic carbocycles. The molecule has 0 radical (unpaired) electrons. The van der Waals surface area contributed by atoms with Crippen LogP contribution in [0.2, 0.25) is 0 Å². The smallest absolute Gasteiger partial charge is 0.261 e. The number of Topliss-reactive ketones (excluding diaryl/α,β-unsaturated/α-hetero) is 1. The summed E-state index contributed by atoms with van der Waals surface area (Å²) < 4.78 is 12.9. The molecule has 4 nitrogen and oxygen atoms in total.